The quantitative estimate of drug-likeness (QED) is 0.360. The average molecular weight is 635 g/mol. The van der Waals surface area contributed by atoms with Gasteiger partial charge in [0.2, 0.25) is 11.8 Å². The fourth-order valence-corrected chi connectivity index (χ4v) is 6.06. The van der Waals surface area contributed by atoms with Gasteiger partial charge in [-0.1, -0.05) is 28.1 Å². The fraction of sp³-hybridized carbons (Fsp3) is 0.286. The first-order valence-electron chi connectivity index (χ1n) is 12.6. The lowest BCUT2D eigenvalue weighted by Gasteiger charge is -2.32. The van der Waals surface area contributed by atoms with Gasteiger partial charge in [-0.15, -0.1) is 0 Å². The summed E-state index contributed by atoms with van der Waals surface area (Å²) >= 11 is 3.41. The number of benzene rings is 3. The van der Waals surface area contributed by atoms with Gasteiger partial charge in [-0.2, -0.15) is 0 Å². The van der Waals surface area contributed by atoms with E-state index in [1.807, 2.05) is 12.1 Å². The number of hydrogen-bond acceptors (Lipinski definition) is 6. The Balaban J connectivity index is 1.72. The smallest absolute Gasteiger partial charge is 0.264 e. The highest BCUT2D eigenvalue weighted by atomic mass is 79.9. The standard InChI is InChI=1S/C28H29BrFN3O6S/c1-3-31-28(35)19(2)32(17-20-5-4-6-21(29)15-20)27(34)18-33(23-9-7-22(30)8-10-23)40(36,37)24-11-12-25-26(16-24)39-14-13-38-25/h4-12,15-16,19H,3,13-14,17-18H2,1-2H3,(H,31,35)/t19-/m0/s1. The molecular weight excluding hydrogens is 605 g/mol. The molecule has 1 N–H and O–H groups in total. The molecule has 3 aromatic carbocycles. The van der Waals surface area contributed by atoms with E-state index in [9.17, 15) is 22.4 Å². The Bertz CT molecular complexity index is 1490. The molecule has 1 atom stereocenters. The Morgan fingerprint density at radius 2 is 1.73 bits per heavy atom. The third-order valence-electron chi connectivity index (χ3n) is 6.26. The lowest BCUT2D eigenvalue weighted by molar-refractivity contribution is -0.139. The Kier molecular flexibility index (Phi) is 9.31. The van der Waals surface area contributed by atoms with Crippen LogP contribution >= 0.6 is 15.9 Å². The van der Waals surface area contributed by atoms with E-state index in [0.29, 0.717) is 18.9 Å². The third kappa shape index (κ3) is 6.73. The topological polar surface area (TPSA) is 105 Å². The van der Waals surface area contributed by atoms with Crippen molar-refractivity contribution in [3.63, 3.8) is 0 Å². The van der Waals surface area contributed by atoms with Gasteiger partial charge in [0, 0.05) is 23.6 Å². The van der Waals surface area contributed by atoms with Crippen molar-refractivity contribution in [2.24, 2.45) is 0 Å². The summed E-state index contributed by atoms with van der Waals surface area (Å²) in [5.41, 5.74) is 0.819. The molecule has 0 unspecified atom stereocenters. The van der Waals surface area contributed by atoms with Crippen LogP contribution in [0.5, 0.6) is 11.5 Å². The van der Waals surface area contributed by atoms with Crippen molar-refractivity contribution in [3.05, 3.63) is 82.6 Å². The molecule has 0 radical (unpaired) electrons. The highest BCUT2D eigenvalue weighted by molar-refractivity contribution is 9.10. The van der Waals surface area contributed by atoms with Gasteiger partial charge in [-0.05, 0) is 67.9 Å². The summed E-state index contributed by atoms with van der Waals surface area (Å²) in [7, 11) is -4.35. The largest absolute Gasteiger partial charge is 0.486 e. The minimum atomic E-state index is -4.35. The SMILES string of the molecule is CCNC(=O)[C@H](C)N(Cc1cccc(Br)c1)C(=O)CN(c1ccc(F)cc1)S(=O)(=O)c1ccc2c(c1)OCCO2. The summed E-state index contributed by atoms with van der Waals surface area (Å²) in [5, 5.41) is 2.71. The molecular formula is C28H29BrFN3O6S. The molecule has 0 saturated carbocycles. The van der Waals surface area contributed by atoms with Crippen LogP contribution in [0.1, 0.15) is 19.4 Å². The molecule has 0 aromatic heterocycles. The first kappa shape index (κ1) is 29.3. The molecule has 0 fully saturated rings. The number of likely N-dealkylation sites (N-methyl/N-ethyl adjacent to an activating group) is 1. The van der Waals surface area contributed by atoms with Crippen LogP contribution in [0.3, 0.4) is 0 Å². The number of carbonyl (C=O) groups excluding carboxylic acids is 2. The van der Waals surface area contributed by atoms with E-state index in [-0.39, 0.29) is 35.4 Å². The maximum Gasteiger partial charge on any atom is 0.264 e. The summed E-state index contributed by atoms with van der Waals surface area (Å²) in [5.74, 6) is -0.893. The number of halogens is 2. The number of amides is 2. The molecule has 0 bridgehead atoms. The number of anilines is 1. The summed E-state index contributed by atoms with van der Waals surface area (Å²) in [6.45, 7) is 3.73. The molecule has 1 aliphatic rings. The summed E-state index contributed by atoms with van der Waals surface area (Å²) in [6.07, 6.45) is 0. The molecule has 1 aliphatic heterocycles. The van der Waals surface area contributed by atoms with E-state index in [1.54, 1.807) is 26.0 Å². The van der Waals surface area contributed by atoms with Gasteiger partial charge >= 0.3 is 0 Å². The maximum atomic E-state index is 14.0. The number of nitrogens with zero attached hydrogens (tertiary/aromatic N) is 2. The van der Waals surface area contributed by atoms with Crippen molar-refractivity contribution in [3.8, 4) is 11.5 Å². The Morgan fingerprint density at radius 3 is 2.40 bits per heavy atom. The molecule has 0 aliphatic carbocycles. The van der Waals surface area contributed by atoms with Crippen LogP contribution in [0.2, 0.25) is 0 Å². The maximum absolute atomic E-state index is 14.0. The van der Waals surface area contributed by atoms with Gasteiger partial charge in [-0.3, -0.25) is 13.9 Å². The first-order valence-corrected chi connectivity index (χ1v) is 14.8. The van der Waals surface area contributed by atoms with Gasteiger partial charge in [0.25, 0.3) is 10.0 Å². The van der Waals surface area contributed by atoms with Crippen LogP contribution in [0.15, 0.2) is 76.1 Å². The van der Waals surface area contributed by atoms with Crippen LogP contribution in [0.25, 0.3) is 0 Å². The third-order valence-corrected chi connectivity index (χ3v) is 8.52. The van der Waals surface area contributed by atoms with Crippen molar-refractivity contribution < 1.29 is 31.9 Å². The zero-order valence-corrected chi connectivity index (χ0v) is 24.4. The van der Waals surface area contributed by atoms with Crippen molar-refractivity contribution in [2.45, 2.75) is 31.3 Å². The number of nitrogens with one attached hydrogen (secondary N) is 1. The Labute approximate surface area is 241 Å². The van der Waals surface area contributed by atoms with Gasteiger partial charge in [0.05, 0.1) is 10.6 Å². The number of ether oxygens (including phenoxy) is 2. The van der Waals surface area contributed by atoms with Gasteiger partial charge in [0.15, 0.2) is 11.5 Å². The summed E-state index contributed by atoms with van der Waals surface area (Å²) < 4.78 is 54.4. The van der Waals surface area contributed by atoms with E-state index in [4.69, 9.17) is 9.47 Å². The summed E-state index contributed by atoms with van der Waals surface area (Å²) in [4.78, 5) is 27.8. The van der Waals surface area contributed by atoms with E-state index in [0.717, 1.165) is 26.5 Å². The monoisotopic (exact) mass is 633 g/mol. The molecule has 40 heavy (non-hydrogen) atoms. The zero-order valence-electron chi connectivity index (χ0n) is 22.0. The number of hydrogen-bond donors (Lipinski definition) is 1. The number of fused-ring (bicyclic) bond motifs is 1. The van der Waals surface area contributed by atoms with E-state index in [1.165, 1.54) is 35.2 Å². The van der Waals surface area contributed by atoms with Crippen LogP contribution in [0.4, 0.5) is 10.1 Å². The van der Waals surface area contributed by atoms with Gasteiger partial charge in [-0.25, -0.2) is 12.8 Å². The zero-order chi connectivity index (χ0) is 28.9. The van der Waals surface area contributed by atoms with Crippen LogP contribution in [-0.4, -0.2) is 57.5 Å². The van der Waals surface area contributed by atoms with E-state index >= 15 is 0 Å². The van der Waals surface area contributed by atoms with Gasteiger partial charge in [0.1, 0.15) is 31.6 Å². The minimum absolute atomic E-state index is 0.0535. The average Bonchev–Trinajstić information content (AvgIpc) is 2.94. The fourth-order valence-electron chi connectivity index (χ4n) is 4.18. The number of rotatable bonds is 10. The van der Waals surface area contributed by atoms with Crippen molar-refractivity contribution in [1.82, 2.24) is 10.2 Å². The first-order chi connectivity index (χ1) is 19.1. The molecule has 9 nitrogen and oxygen atoms in total. The second kappa shape index (κ2) is 12.7. The predicted octanol–water partition coefficient (Wildman–Crippen LogP) is 4.11. The van der Waals surface area contributed by atoms with Crippen LogP contribution in [-0.2, 0) is 26.2 Å². The van der Waals surface area contributed by atoms with Crippen molar-refractivity contribution in [1.29, 1.82) is 0 Å². The highest BCUT2D eigenvalue weighted by Gasteiger charge is 2.33. The second-order valence-corrected chi connectivity index (χ2v) is 11.8. The van der Waals surface area contributed by atoms with E-state index in [2.05, 4.69) is 21.2 Å². The van der Waals surface area contributed by atoms with Gasteiger partial charge < -0.3 is 19.7 Å². The molecule has 1 heterocycles. The van der Waals surface area contributed by atoms with Crippen LogP contribution < -0.4 is 19.1 Å². The molecule has 0 saturated heterocycles. The molecule has 12 heteroatoms. The van der Waals surface area contributed by atoms with E-state index < -0.39 is 34.3 Å². The predicted molar refractivity (Wildman–Crippen MR) is 151 cm³/mol. The number of sulfonamides is 1. The molecule has 0 spiro atoms. The van der Waals surface area contributed by atoms with Crippen molar-refractivity contribution >= 4 is 43.5 Å². The molecule has 2 amide bonds. The summed E-state index contributed by atoms with van der Waals surface area (Å²) in [6, 6.07) is 15.3. The Hall–Kier alpha value is -3.64. The second-order valence-electron chi connectivity index (χ2n) is 9.02. The normalized spacial score (nSPS) is 13.3. The Morgan fingerprint density at radius 1 is 1.02 bits per heavy atom. The van der Waals surface area contributed by atoms with Crippen LogP contribution in [0, 0.1) is 5.82 Å². The van der Waals surface area contributed by atoms with Crippen molar-refractivity contribution in [2.75, 3.05) is 30.6 Å². The molecule has 4 rings (SSSR count). The lowest BCUT2D eigenvalue weighted by atomic mass is 10.1. The molecule has 3 aromatic rings. The highest BCUT2D eigenvalue weighted by Crippen LogP contribution is 2.34. The minimum Gasteiger partial charge on any atom is -0.486 e. The number of carbonyl (C=O) groups is 2. The molecule has 212 valence electrons. The lowest BCUT2D eigenvalue weighted by Crippen LogP contribution is -2.51.